The normalized spacial score (nSPS) is 9.93. The van der Waals surface area contributed by atoms with Crippen LogP contribution in [0.4, 0.5) is 0 Å². The zero-order valence-corrected chi connectivity index (χ0v) is 16.8. The van der Waals surface area contributed by atoms with E-state index in [9.17, 15) is 19.2 Å². The molecule has 0 atom stereocenters. The summed E-state index contributed by atoms with van der Waals surface area (Å²) in [6.45, 7) is 10.9. The van der Waals surface area contributed by atoms with Crippen molar-refractivity contribution in [2.75, 3.05) is 26.4 Å². The van der Waals surface area contributed by atoms with Crippen LogP contribution in [0.3, 0.4) is 0 Å². The topological polar surface area (TPSA) is 105 Å². The average molecular weight is 398 g/mol. The van der Waals surface area contributed by atoms with Crippen molar-refractivity contribution in [2.24, 2.45) is 0 Å². The third-order valence-corrected chi connectivity index (χ3v) is 3.30. The van der Waals surface area contributed by atoms with Crippen LogP contribution in [0, 0.1) is 0 Å². The lowest BCUT2D eigenvalue weighted by atomic mass is 10.3. The van der Waals surface area contributed by atoms with Crippen molar-refractivity contribution in [3.05, 3.63) is 24.3 Å². The Labute approximate surface area is 165 Å². The first-order valence-electron chi connectivity index (χ1n) is 9.20. The fourth-order valence-electron chi connectivity index (χ4n) is 1.70. The Balaban J connectivity index is 3.54. The number of unbranched alkanes of at least 4 members (excludes halogenated alkanes) is 2. The first-order valence-corrected chi connectivity index (χ1v) is 9.20. The van der Waals surface area contributed by atoms with Gasteiger partial charge in [0, 0.05) is 11.1 Å². The highest BCUT2D eigenvalue weighted by Gasteiger charge is 2.09. The van der Waals surface area contributed by atoms with Gasteiger partial charge in [0.15, 0.2) is 0 Å². The van der Waals surface area contributed by atoms with E-state index in [4.69, 9.17) is 18.9 Å². The summed E-state index contributed by atoms with van der Waals surface area (Å²) in [6, 6.07) is 0. The van der Waals surface area contributed by atoms with Gasteiger partial charge in [0.05, 0.1) is 39.3 Å². The van der Waals surface area contributed by atoms with Gasteiger partial charge in [-0.2, -0.15) is 0 Å². The van der Waals surface area contributed by atoms with Gasteiger partial charge in [-0.05, 0) is 39.5 Å². The second-order valence-corrected chi connectivity index (χ2v) is 6.19. The molecule has 0 aromatic heterocycles. The summed E-state index contributed by atoms with van der Waals surface area (Å²) in [4.78, 5) is 45.3. The highest BCUT2D eigenvalue weighted by Crippen LogP contribution is 2.01. The largest absolute Gasteiger partial charge is 0.466 e. The molecule has 0 amide bonds. The van der Waals surface area contributed by atoms with Crippen molar-refractivity contribution < 1.29 is 38.1 Å². The van der Waals surface area contributed by atoms with Gasteiger partial charge in [-0.1, -0.05) is 13.2 Å². The number of hydrogen-bond donors (Lipinski definition) is 0. The van der Waals surface area contributed by atoms with Crippen molar-refractivity contribution in [2.45, 2.75) is 52.4 Å². The molecule has 28 heavy (non-hydrogen) atoms. The smallest absolute Gasteiger partial charge is 0.333 e. The minimum absolute atomic E-state index is 0.0559. The first-order chi connectivity index (χ1) is 13.2. The van der Waals surface area contributed by atoms with E-state index in [1.54, 1.807) is 13.8 Å². The molecule has 0 aromatic carbocycles. The SMILES string of the molecule is C=C(C)C(=O)OCCCCOC(=O)CCC(=O)OCCCCOC(=O)C(=C)C. The third-order valence-electron chi connectivity index (χ3n) is 3.30. The second-order valence-electron chi connectivity index (χ2n) is 6.19. The standard InChI is InChI=1S/C20H30O8/c1-15(2)19(23)27-13-7-5-11-25-17(21)9-10-18(22)26-12-6-8-14-28-20(24)16(3)4/h1,3,5-14H2,2,4H3. The molecule has 8 nitrogen and oxygen atoms in total. The highest BCUT2D eigenvalue weighted by molar-refractivity contribution is 5.87. The molecule has 0 bridgehead atoms. The van der Waals surface area contributed by atoms with E-state index in [1.165, 1.54) is 0 Å². The summed E-state index contributed by atoms with van der Waals surface area (Å²) in [6.07, 6.45) is 2.12. The molecule has 0 N–H and O–H groups in total. The molecule has 158 valence electrons. The Bertz CT molecular complexity index is 515. The molecule has 0 fully saturated rings. The van der Waals surface area contributed by atoms with Gasteiger partial charge < -0.3 is 18.9 Å². The van der Waals surface area contributed by atoms with E-state index >= 15 is 0 Å². The van der Waals surface area contributed by atoms with E-state index in [0.29, 0.717) is 36.8 Å². The summed E-state index contributed by atoms with van der Waals surface area (Å²) in [5.41, 5.74) is 0.675. The van der Waals surface area contributed by atoms with E-state index in [2.05, 4.69) is 13.2 Å². The lowest BCUT2D eigenvalue weighted by Crippen LogP contribution is -2.12. The van der Waals surface area contributed by atoms with Gasteiger partial charge in [-0.15, -0.1) is 0 Å². The average Bonchev–Trinajstić information content (AvgIpc) is 2.64. The van der Waals surface area contributed by atoms with Gasteiger partial charge in [-0.25, -0.2) is 9.59 Å². The first kappa shape index (κ1) is 25.4. The van der Waals surface area contributed by atoms with Crippen molar-refractivity contribution in [1.82, 2.24) is 0 Å². The van der Waals surface area contributed by atoms with Crippen LogP contribution in [0.15, 0.2) is 24.3 Å². The number of carbonyl (C=O) groups excluding carboxylic acids is 4. The number of hydrogen-bond acceptors (Lipinski definition) is 8. The Kier molecular flexibility index (Phi) is 14.0. The van der Waals surface area contributed by atoms with Crippen LogP contribution in [0.5, 0.6) is 0 Å². The molecule has 0 aromatic rings. The molecule has 0 saturated heterocycles. The summed E-state index contributed by atoms with van der Waals surface area (Å²) in [5.74, 6) is -1.85. The number of ether oxygens (including phenoxy) is 4. The molecular weight excluding hydrogens is 368 g/mol. The highest BCUT2D eigenvalue weighted by atomic mass is 16.5. The van der Waals surface area contributed by atoms with E-state index in [-0.39, 0.29) is 39.3 Å². The summed E-state index contributed by atoms with van der Waals surface area (Å²) in [5, 5.41) is 0. The van der Waals surface area contributed by atoms with Crippen LogP contribution in [-0.2, 0) is 38.1 Å². The lowest BCUT2D eigenvalue weighted by molar-refractivity contribution is -0.150. The lowest BCUT2D eigenvalue weighted by Gasteiger charge is -2.07. The molecule has 0 aliphatic heterocycles. The second kappa shape index (κ2) is 15.4. The molecule has 0 aliphatic carbocycles. The van der Waals surface area contributed by atoms with Crippen LogP contribution >= 0.6 is 0 Å². The van der Waals surface area contributed by atoms with Gasteiger partial charge >= 0.3 is 23.9 Å². The summed E-state index contributed by atoms with van der Waals surface area (Å²) in [7, 11) is 0. The van der Waals surface area contributed by atoms with Crippen molar-refractivity contribution in [1.29, 1.82) is 0 Å². The maximum absolute atomic E-state index is 11.5. The Hall–Kier alpha value is -2.64. The number of carbonyl (C=O) groups is 4. The molecule has 0 rings (SSSR count). The molecular formula is C20H30O8. The zero-order valence-electron chi connectivity index (χ0n) is 16.8. The molecule has 0 heterocycles. The van der Waals surface area contributed by atoms with Crippen LogP contribution in [0.2, 0.25) is 0 Å². The maximum atomic E-state index is 11.5. The van der Waals surface area contributed by atoms with Crippen LogP contribution in [0.1, 0.15) is 52.4 Å². The number of rotatable bonds is 15. The van der Waals surface area contributed by atoms with Crippen LogP contribution in [0.25, 0.3) is 0 Å². The van der Waals surface area contributed by atoms with E-state index in [0.717, 1.165) is 0 Å². The number of esters is 4. The summed E-state index contributed by atoms with van der Waals surface area (Å²) < 4.78 is 19.8. The molecule has 0 unspecified atom stereocenters. The predicted octanol–water partition coefficient (Wildman–Crippen LogP) is 2.65. The van der Waals surface area contributed by atoms with E-state index < -0.39 is 23.9 Å². The van der Waals surface area contributed by atoms with Crippen molar-refractivity contribution >= 4 is 23.9 Å². The van der Waals surface area contributed by atoms with Gasteiger partial charge in [0.25, 0.3) is 0 Å². The van der Waals surface area contributed by atoms with Crippen molar-refractivity contribution in [3.63, 3.8) is 0 Å². The fraction of sp³-hybridized carbons (Fsp3) is 0.600. The quantitative estimate of drug-likeness (QED) is 0.179. The van der Waals surface area contributed by atoms with E-state index in [1.807, 2.05) is 0 Å². The predicted molar refractivity (Wildman–Crippen MR) is 101 cm³/mol. The molecule has 0 radical (unpaired) electrons. The van der Waals surface area contributed by atoms with Gasteiger partial charge in [0.2, 0.25) is 0 Å². The zero-order chi connectivity index (χ0) is 21.4. The minimum atomic E-state index is -0.484. The van der Waals surface area contributed by atoms with Crippen LogP contribution in [-0.4, -0.2) is 50.3 Å². The third kappa shape index (κ3) is 14.5. The Morgan fingerprint density at radius 1 is 0.571 bits per heavy atom. The molecule has 0 spiro atoms. The minimum Gasteiger partial charge on any atom is -0.466 e. The van der Waals surface area contributed by atoms with Gasteiger partial charge in [-0.3, -0.25) is 9.59 Å². The van der Waals surface area contributed by atoms with Gasteiger partial charge in [0.1, 0.15) is 0 Å². The monoisotopic (exact) mass is 398 g/mol. The Morgan fingerprint density at radius 2 is 0.857 bits per heavy atom. The molecule has 0 aliphatic rings. The maximum Gasteiger partial charge on any atom is 0.333 e. The molecule has 8 heteroatoms. The molecule has 0 saturated carbocycles. The van der Waals surface area contributed by atoms with Crippen molar-refractivity contribution in [3.8, 4) is 0 Å². The Morgan fingerprint density at radius 3 is 1.14 bits per heavy atom. The van der Waals surface area contributed by atoms with Crippen LogP contribution < -0.4 is 0 Å². The fourth-order valence-corrected chi connectivity index (χ4v) is 1.70. The summed E-state index contributed by atoms with van der Waals surface area (Å²) >= 11 is 0.